The lowest BCUT2D eigenvalue weighted by molar-refractivity contribution is -0.135. The number of anilines is 1. The Labute approximate surface area is 173 Å². The van der Waals surface area contributed by atoms with Crippen molar-refractivity contribution < 1.29 is 18.8 Å². The number of carbonyl (C=O) groups excluding carboxylic acids is 3. The lowest BCUT2D eigenvalue weighted by Gasteiger charge is -2.24. The third-order valence-electron chi connectivity index (χ3n) is 4.65. The van der Waals surface area contributed by atoms with Gasteiger partial charge in [0.15, 0.2) is 5.78 Å². The molecule has 0 aliphatic carbocycles. The van der Waals surface area contributed by atoms with E-state index in [0.717, 1.165) is 11.3 Å². The van der Waals surface area contributed by atoms with Gasteiger partial charge in [0.1, 0.15) is 16.7 Å². The second-order valence-corrected chi connectivity index (χ2v) is 8.08. The fourth-order valence-electron chi connectivity index (χ4n) is 3.32. The molecule has 1 aliphatic heterocycles. The number of amides is 1. The van der Waals surface area contributed by atoms with E-state index in [0.29, 0.717) is 15.6 Å². The van der Waals surface area contributed by atoms with Gasteiger partial charge in [0.2, 0.25) is 10.9 Å². The Balaban J connectivity index is 1.84. The van der Waals surface area contributed by atoms with Gasteiger partial charge in [0.25, 0.3) is 5.91 Å². The molecular weight excluding hydrogens is 417 g/mol. The topological polar surface area (TPSA) is 80.2 Å². The number of hydrogen-bond donors (Lipinski definition) is 0. The van der Waals surface area contributed by atoms with Crippen LogP contribution in [0.4, 0.5) is 9.52 Å². The smallest absolute Gasteiger partial charge is 0.293 e. The van der Waals surface area contributed by atoms with Crippen molar-refractivity contribution in [3.63, 3.8) is 0 Å². The predicted octanol–water partition coefficient (Wildman–Crippen LogP) is 3.80. The molecule has 0 saturated carbocycles. The number of carbonyl (C=O) groups is 3. The minimum Gasteiger partial charge on any atom is -0.293 e. The predicted molar refractivity (Wildman–Crippen MR) is 106 cm³/mol. The lowest BCUT2D eigenvalue weighted by Crippen LogP contribution is -2.30. The van der Waals surface area contributed by atoms with Crippen LogP contribution in [0.25, 0.3) is 0 Å². The summed E-state index contributed by atoms with van der Waals surface area (Å²) in [6, 6.07) is 10.5. The molecule has 3 aromatic rings. The molecule has 2 aromatic carbocycles. The molecule has 9 heteroatoms. The van der Waals surface area contributed by atoms with Crippen LogP contribution in [0, 0.1) is 18.7 Å². The summed E-state index contributed by atoms with van der Waals surface area (Å²) >= 11 is 7.01. The van der Waals surface area contributed by atoms with Crippen molar-refractivity contribution in [3.8, 4) is 0 Å². The lowest BCUT2D eigenvalue weighted by atomic mass is 9.86. The van der Waals surface area contributed by atoms with Crippen LogP contribution >= 0.6 is 22.9 Å². The zero-order valence-electron chi connectivity index (χ0n) is 15.0. The standard InChI is InChI=1S/C20H13ClFN3O3S/c1-10-23-24-20(29-10)25-16(11-4-8-14(22)9-5-11)15(18(27)19(25)28)17(26)12-2-6-13(21)7-3-12/h2-9,15-16H,1H3. The van der Waals surface area contributed by atoms with E-state index >= 15 is 0 Å². The van der Waals surface area contributed by atoms with Gasteiger partial charge in [-0.15, -0.1) is 10.2 Å². The van der Waals surface area contributed by atoms with E-state index in [-0.39, 0.29) is 10.7 Å². The fraction of sp³-hybridized carbons (Fsp3) is 0.150. The number of Topliss-reactive ketones (excluding diaryl/α,β-unsaturated/α-hetero) is 2. The van der Waals surface area contributed by atoms with Crippen molar-refractivity contribution in [2.24, 2.45) is 5.92 Å². The molecule has 6 nitrogen and oxygen atoms in total. The van der Waals surface area contributed by atoms with E-state index in [1.54, 1.807) is 6.92 Å². The van der Waals surface area contributed by atoms with E-state index in [9.17, 15) is 18.8 Å². The molecule has 4 rings (SSSR count). The molecular formula is C20H13ClFN3O3S. The first-order valence-electron chi connectivity index (χ1n) is 8.59. The highest BCUT2D eigenvalue weighted by Gasteiger charge is 2.53. The largest absolute Gasteiger partial charge is 0.297 e. The van der Waals surface area contributed by atoms with Gasteiger partial charge >= 0.3 is 0 Å². The number of halogens is 2. The molecule has 0 spiro atoms. The van der Waals surface area contributed by atoms with Crippen LogP contribution in [0.15, 0.2) is 48.5 Å². The molecule has 0 radical (unpaired) electrons. The van der Waals surface area contributed by atoms with Gasteiger partial charge < -0.3 is 0 Å². The van der Waals surface area contributed by atoms with Gasteiger partial charge in [0.05, 0.1) is 6.04 Å². The SMILES string of the molecule is Cc1nnc(N2C(=O)C(=O)C(C(=O)c3ccc(Cl)cc3)C2c2ccc(F)cc2)s1. The Morgan fingerprint density at radius 2 is 1.72 bits per heavy atom. The molecule has 0 bridgehead atoms. The van der Waals surface area contributed by atoms with E-state index < -0.39 is 35.3 Å². The van der Waals surface area contributed by atoms with Crippen LogP contribution < -0.4 is 4.90 Å². The van der Waals surface area contributed by atoms with Crippen LogP contribution in [0.2, 0.25) is 5.02 Å². The number of nitrogens with zero attached hydrogens (tertiary/aromatic N) is 3. The average molecular weight is 430 g/mol. The maximum atomic E-state index is 13.5. The zero-order valence-corrected chi connectivity index (χ0v) is 16.6. The quantitative estimate of drug-likeness (QED) is 0.358. The normalized spacial score (nSPS) is 19.1. The van der Waals surface area contributed by atoms with Crippen LogP contribution in [-0.2, 0) is 9.59 Å². The summed E-state index contributed by atoms with van der Waals surface area (Å²) in [7, 11) is 0. The number of ketones is 2. The van der Waals surface area contributed by atoms with Crippen LogP contribution in [0.3, 0.4) is 0 Å². The Hall–Kier alpha value is -2.97. The van der Waals surface area contributed by atoms with Gasteiger partial charge in [0, 0.05) is 10.6 Å². The molecule has 2 unspecified atom stereocenters. The summed E-state index contributed by atoms with van der Waals surface area (Å²) in [5.74, 6) is -3.96. The van der Waals surface area contributed by atoms with Gasteiger partial charge in [-0.3, -0.25) is 19.3 Å². The summed E-state index contributed by atoms with van der Waals surface area (Å²) in [6.45, 7) is 1.72. The summed E-state index contributed by atoms with van der Waals surface area (Å²) in [5, 5.41) is 9.13. The molecule has 1 aliphatic rings. The molecule has 146 valence electrons. The third-order valence-corrected chi connectivity index (χ3v) is 5.74. The van der Waals surface area contributed by atoms with Crippen LogP contribution in [0.1, 0.15) is 27.0 Å². The number of rotatable bonds is 4. The first-order valence-corrected chi connectivity index (χ1v) is 9.79. The molecule has 0 N–H and O–H groups in total. The van der Waals surface area contributed by atoms with Crippen molar-refractivity contribution in [1.29, 1.82) is 0 Å². The molecule has 2 atom stereocenters. The molecule has 2 heterocycles. The average Bonchev–Trinajstić information content (AvgIpc) is 3.24. The Kier molecular flexibility index (Phi) is 4.97. The molecule has 1 fully saturated rings. The summed E-state index contributed by atoms with van der Waals surface area (Å²) in [4.78, 5) is 40.1. The monoisotopic (exact) mass is 429 g/mol. The summed E-state index contributed by atoms with van der Waals surface area (Å²) in [6.07, 6.45) is 0. The van der Waals surface area contributed by atoms with E-state index in [4.69, 9.17) is 11.6 Å². The van der Waals surface area contributed by atoms with Crippen molar-refractivity contribution in [2.75, 3.05) is 4.90 Å². The van der Waals surface area contributed by atoms with Crippen molar-refractivity contribution in [2.45, 2.75) is 13.0 Å². The fourth-order valence-corrected chi connectivity index (χ4v) is 4.17. The van der Waals surface area contributed by atoms with Crippen molar-refractivity contribution in [1.82, 2.24) is 10.2 Å². The number of aromatic nitrogens is 2. The molecule has 1 saturated heterocycles. The van der Waals surface area contributed by atoms with Gasteiger partial charge in [-0.1, -0.05) is 35.1 Å². The number of aryl methyl sites for hydroxylation is 1. The highest BCUT2D eigenvalue weighted by Crippen LogP contribution is 2.42. The minimum atomic E-state index is -1.29. The maximum absolute atomic E-state index is 13.5. The molecule has 1 aromatic heterocycles. The van der Waals surface area contributed by atoms with Crippen LogP contribution in [-0.4, -0.2) is 27.7 Å². The second-order valence-electron chi connectivity index (χ2n) is 6.49. The van der Waals surface area contributed by atoms with E-state index in [2.05, 4.69) is 10.2 Å². The number of benzene rings is 2. The number of hydrogen-bond acceptors (Lipinski definition) is 6. The van der Waals surface area contributed by atoms with E-state index in [1.807, 2.05) is 0 Å². The Morgan fingerprint density at radius 1 is 1.07 bits per heavy atom. The summed E-state index contributed by atoms with van der Waals surface area (Å²) in [5.41, 5.74) is 0.703. The highest BCUT2D eigenvalue weighted by molar-refractivity contribution is 7.15. The van der Waals surface area contributed by atoms with Gasteiger partial charge in [-0.25, -0.2) is 4.39 Å². The highest BCUT2D eigenvalue weighted by atomic mass is 35.5. The first kappa shape index (κ1) is 19.4. The molecule has 29 heavy (non-hydrogen) atoms. The van der Waals surface area contributed by atoms with Gasteiger partial charge in [-0.2, -0.15) is 0 Å². The van der Waals surface area contributed by atoms with Crippen molar-refractivity contribution in [3.05, 3.63) is 75.5 Å². The van der Waals surface area contributed by atoms with Gasteiger partial charge in [-0.05, 0) is 48.9 Å². The second kappa shape index (κ2) is 7.46. The zero-order chi connectivity index (χ0) is 20.7. The van der Waals surface area contributed by atoms with Crippen LogP contribution in [0.5, 0.6) is 0 Å². The van der Waals surface area contributed by atoms with E-state index in [1.165, 1.54) is 53.4 Å². The third kappa shape index (κ3) is 3.45. The first-order chi connectivity index (χ1) is 13.9. The summed E-state index contributed by atoms with van der Waals surface area (Å²) < 4.78 is 13.5. The molecule has 1 amide bonds. The maximum Gasteiger partial charge on any atom is 0.297 e. The van der Waals surface area contributed by atoms with Crippen molar-refractivity contribution >= 4 is 45.5 Å². The minimum absolute atomic E-state index is 0.210. The Bertz CT molecular complexity index is 1110. The Morgan fingerprint density at radius 3 is 2.31 bits per heavy atom.